The van der Waals surface area contributed by atoms with Crippen molar-refractivity contribution in [3.8, 4) is 0 Å². The van der Waals surface area contributed by atoms with E-state index < -0.39 is 0 Å². The van der Waals surface area contributed by atoms with Crippen LogP contribution in [0.2, 0.25) is 0 Å². The molecule has 0 spiro atoms. The van der Waals surface area contributed by atoms with Crippen LogP contribution in [-0.2, 0) is 11.2 Å². The van der Waals surface area contributed by atoms with Gasteiger partial charge in [-0.3, -0.25) is 9.59 Å². The van der Waals surface area contributed by atoms with Crippen LogP contribution in [0.3, 0.4) is 0 Å². The molecule has 0 radical (unpaired) electrons. The highest BCUT2D eigenvalue weighted by molar-refractivity contribution is 7.13. The standard InChI is InChI=1S/C19H25N5O2S/c25-16(20-11-14-24-12-4-5-13-24)9-6-10-17-22-23-19(27-17)18(26)21-15-7-2-1-3-8-15/h1-3,7-8H,4-6,9-14H2,(H,20,25)(H,21,26). The van der Waals surface area contributed by atoms with Crippen molar-refractivity contribution in [1.82, 2.24) is 20.4 Å². The number of aromatic nitrogens is 2. The third kappa shape index (κ3) is 6.41. The molecule has 1 fully saturated rings. The lowest BCUT2D eigenvalue weighted by molar-refractivity contribution is -0.121. The minimum Gasteiger partial charge on any atom is -0.355 e. The largest absolute Gasteiger partial charge is 0.355 e. The summed E-state index contributed by atoms with van der Waals surface area (Å²) in [4.78, 5) is 26.4. The predicted octanol–water partition coefficient (Wildman–Crippen LogP) is 2.33. The highest BCUT2D eigenvalue weighted by Crippen LogP contribution is 2.15. The molecular weight excluding hydrogens is 362 g/mol. The zero-order valence-corrected chi connectivity index (χ0v) is 16.1. The van der Waals surface area contributed by atoms with Gasteiger partial charge in [0.2, 0.25) is 10.9 Å². The fourth-order valence-electron chi connectivity index (χ4n) is 3.00. The van der Waals surface area contributed by atoms with E-state index in [1.54, 1.807) is 0 Å². The van der Waals surface area contributed by atoms with Gasteiger partial charge in [0.1, 0.15) is 5.01 Å². The molecule has 1 aromatic heterocycles. The SMILES string of the molecule is O=C(CCCc1nnc(C(=O)Nc2ccccc2)s1)NCCN1CCCC1. The zero-order valence-electron chi connectivity index (χ0n) is 15.3. The van der Waals surface area contributed by atoms with Crippen LogP contribution in [0.15, 0.2) is 30.3 Å². The Bertz CT molecular complexity index is 744. The van der Waals surface area contributed by atoms with E-state index in [9.17, 15) is 9.59 Å². The summed E-state index contributed by atoms with van der Waals surface area (Å²) < 4.78 is 0. The van der Waals surface area contributed by atoms with Gasteiger partial charge in [0.15, 0.2) is 0 Å². The highest BCUT2D eigenvalue weighted by atomic mass is 32.1. The second kappa shape index (κ2) is 10.1. The lowest BCUT2D eigenvalue weighted by Gasteiger charge is -2.14. The number of hydrogen-bond acceptors (Lipinski definition) is 6. The van der Waals surface area contributed by atoms with Crippen molar-refractivity contribution < 1.29 is 9.59 Å². The van der Waals surface area contributed by atoms with Crippen LogP contribution in [0.5, 0.6) is 0 Å². The van der Waals surface area contributed by atoms with Crippen molar-refractivity contribution in [3.63, 3.8) is 0 Å². The minimum atomic E-state index is -0.260. The molecule has 1 aliphatic heterocycles. The van der Waals surface area contributed by atoms with Gasteiger partial charge in [0.25, 0.3) is 5.91 Å². The molecule has 27 heavy (non-hydrogen) atoms. The number of carbonyl (C=O) groups excluding carboxylic acids is 2. The Hall–Kier alpha value is -2.32. The molecule has 0 bridgehead atoms. The molecule has 2 N–H and O–H groups in total. The molecule has 7 nitrogen and oxygen atoms in total. The highest BCUT2D eigenvalue weighted by Gasteiger charge is 2.14. The second-order valence-electron chi connectivity index (χ2n) is 6.57. The van der Waals surface area contributed by atoms with E-state index in [-0.39, 0.29) is 11.8 Å². The lowest BCUT2D eigenvalue weighted by Crippen LogP contribution is -2.33. The minimum absolute atomic E-state index is 0.0701. The Labute approximate surface area is 163 Å². The molecule has 1 aromatic carbocycles. The van der Waals surface area contributed by atoms with E-state index in [1.165, 1.54) is 24.2 Å². The van der Waals surface area contributed by atoms with Gasteiger partial charge >= 0.3 is 0 Å². The summed E-state index contributed by atoms with van der Waals surface area (Å²) >= 11 is 1.27. The van der Waals surface area contributed by atoms with Gasteiger partial charge in [0, 0.05) is 31.6 Å². The number of carbonyl (C=O) groups is 2. The molecule has 0 saturated carbocycles. The topological polar surface area (TPSA) is 87.2 Å². The quantitative estimate of drug-likeness (QED) is 0.690. The molecule has 1 saturated heterocycles. The number of hydrogen-bond donors (Lipinski definition) is 2. The first-order valence-electron chi connectivity index (χ1n) is 9.38. The number of benzene rings is 1. The molecule has 144 valence electrons. The summed E-state index contributed by atoms with van der Waals surface area (Å²) in [6.07, 6.45) is 4.34. The van der Waals surface area contributed by atoms with Crippen molar-refractivity contribution in [1.29, 1.82) is 0 Å². The molecule has 0 aliphatic carbocycles. The molecular formula is C19H25N5O2S. The van der Waals surface area contributed by atoms with Crippen molar-refractivity contribution in [2.24, 2.45) is 0 Å². The van der Waals surface area contributed by atoms with E-state index in [0.717, 1.165) is 30.3 Å². The van der Waals surface area contributed by atoms with Crippen LogP contribution in [0.1, 0.15) is 40.5 Å². The van der Waals surface area contributed by atoms with Gasteiger partial charge in [-0.1, -0.05) is 29.5 Å². The van der Waals surface area contributed by atoms with Gasteiger partial charge < -0.3 is 15.5 Å². The average Bonchev–Trinajstić information content (AvgIpc) is 3.35. The number of para-hydroxylation sites is 1. The van der Waals surface area contributed by atoms with E-state index in [4.69, 9.17) is 0 Å². The normalized spacial score (nSPS) is 14.2. The summed E-state index contributed by atoms with van der Waals surface area (Å²) in [6.45, 7) is 3.93. The summed E-state index contributed by atoms with van der Waals surface area (Å²) in [5, 5.41) is 14.9. The second-order valence-corrected chi connectivity index (χ2v) is 7.64. The first-order chi connectivity index (χ1) is 13.2. The number of likely N-dealkylation sites (tertiary alicyclic amines) is 1. The van der Waals surface area contributed by atoms with Crippen molar-refractivity contribution in [2.45, 2.75) is 32.1 Å². The summed E-state index contributed by atoms with van der Waals surface area (Å²) in [5.74, 6) is -0.189. The molecule has 2 aromatic rings. The number of rotatable bonds is 9. The van der Waals surface area contributed by atoms with Crippen LogP contribution >= 0.6 is 11.3 Å². The summed E-state index contributed by atoms with van der Waals surface area (Å²) in [6, 6.07) is 9.25. The maximum atomic E-state index is 12.2. The van der Waals surface area contributed by atoms with Crippen molar-refractivity contribution in [3.05, 3.63) is 40.3 Å². The van der Waals surface area contributed by atoms with Crippen molar-refractivity contribution in [2.75, 3.05) is 31.5 Å². The number of nitrogens with zero attached hydrogens (tertiary/aromatic N) is 3. The molecule has 2 amide bonds. The van der Waals surface area contributed by atoms with Crippen LogP contribution in [-0.4, -0.2) is 53.1 Å². The van der Waals surface area contributed by atoms with Gasteiger partial charge in [-0.25, -0.2) is 0 Å². The van der Waals surface area contributed by atoms with Crippen LogP contribution in [0, 0.1) is 0 Å². The Kier molecular flexibility index (Phi) is 7.29. The van der Waals surface area contributed by atoms with E-state index in [0.29, 0.717) is 30.8 Å². The molecule has 1 aliphatic rings. The van der Waals surface area contributed by atoms with Crippen LogP contribution in [0.4, 0.5) is 5.69 Å². The molecule has 8 heteroatoms. The van der Waals surface area contributed by atoms with Crippen molar-refractivity contribution >= 4 is 28.8 Å². The summed E-state index contributed by atoms with van der Waals surface area (Å²) in [5.41, 5.74) is 0.727. The third-order valence-electron chi connectivity index (χ3n) is 4.44. The van der Waals surface area contributed by atoms with Crippen LogP contribution < -0.4 is 10.6 Å². The Morgan fingerprint density at radius 1 is 1.11 bits per heavy atom. The van der Waals surface area contributed by atoms with Gasteiger partial charge in [0.05, 0.1) is 0 Å². The van der Waals surface area contributed by atoms with E-state index >= 15 is 0 Å². The van der Waals surface area contributed by atoms with Gasteiger partial charge in [-0.15, -0.1) is 10.2 Å². The molecule has 0 atom stereocenters. The lowest BCUT2D eigenvalue weighted by atomic mass is 10.2. The smallest absolute Gasteiger partial charge is 0.286 e. The first kappa shape index (κ1) is 19.4. The number of aryl methyl sites for hydroxylation is 1. The number of anilines is 1. The third-order valence-corrected chi connectivity index (χ3v) is 5.42. The van der Waals surface area contributed by atoms with Crippen LogP contribution in [0.25, 0.3) is 0 Å². The number of nitrogens with one attached hydrogen (secondary N) is 2. The monoisotopic (exact) mass is 387 g/mol. The Morgan fingerprint density at radius 2 is 1.89 bits per heavy atom. The fraction of sp³-hybridized carbons (Fsp3) is 0.474. The zero-order chi connectivity index (χ0) is 18.9. The van der Waals surface area contributed by atoms with Gasteiger partial charge in [-0.05, 0) is 44.5 Å². The fourth-order valence-corrected chi connectivity index (χ4v) is 3.78. The van der Waals surface area contributed by atoms with E-state index in [1.807, 2.05) is 30.3 Å². The maximum Gasteiger partial charge on any atom is 0.286 e. The maximum absolute atomic E-state index is 12.2. The number of amides is 2. The first-order valence-corrected chi connectivity index (χ1v) is 10.2. The van der Waals surface area contributed by atoms with E-state index in [2.05, 4.69) is 25.7 Å². The predicted molar refractivity (Wildman–Crippen MR) is 106 cm³/mol. The van der Waals surface area contributed by atoms with Gasteiger partial charge in [-0.2, -0.15) is 0 Å². The molecule has 3 rings (SSSR count). The Balaban J connectivity index is 1.34. The Morgan fingerprint density at radius 3 is 2.67 bits per heavy atom. The average molecular weight is 388 g/mol. The molecule has 0 unspecified atom stereocenters. The summed E-state index contributed by atoms with van der Waals surface area (Å²) in [7, 11) is 0. The molecule has 2 heterocycles.